The van der Waals surface area contributed by atoms with Crippen LogP contribution in [0.4, 0.5) is 13.2 Å². The average molecular weight is 517 g/mol. The van der Waals surface area contributed by atoms with Gasteiger partial charge in [-0.3, -0.25) is 9.69 Å². The molecule has 1 aliphatic carbocycles. The van der Waals surface area contributed by atoms with Crippen LogP contribution < -0.4 is 0 Å². The number of benzene rings is 2. The summed E-state index contributed by atoms with van der Waals surface area (Å²) in [6.45, 7) is 2.22. The number of rotatable bonds is 6. The number of hydrogen-bond donors (Lipinski definition) is 0. The Balaban J connectivity index is 1.23. The van der Waals surface area contributed by atoms with Gasteiger partial charge in [0.25, 0.3) is 0 Å². The normalized spacial score (nSPS) is 25.1. The summed E-state index contributed by atoms with van der Waals surface area (Å²) in [7, 11) is 1.35. The Morgan fingerprint density at radius 1 is 1.11 bits per heavy atom. The van der Waals surface area contributed by atoms with E-state index in [1.807, 2.05) is 48.5 Å². The molecule has 0 aromatic heterocycles. The third-order valence-electron chi connectivity index (χ3n) is 7.92. The minimum Gasteiger partial charge on any atom is -0.465 e. The van der Waals surface area contributed by atoms with Crippen molar-refractivity contribution in [2.24, 2.45) is 0 Å². The van der Waals surface area contributed by atoms with E-state index in [1.54, 1.807) is 6.07 Å². The summed E-state index contributed by atoms with van der Waals surface area (Å²) >= 11 is 0. The first-order chi connectivity index (χ1) is 17.7. The minimum atomic E-state index is -4.91. The van der Waals surface area contributed by atoms with E-state index in [-0.39, 0.29) is 18.5 Å². The van der Waals surface area contributed by atoms with Crippen molar-refractivity contribution in [3.63, 3.8) is 0 Å². The first-order valence-electron chi connectivity index (χ1n) is 12.7. The van der Waals surface area contributed by atoms with Gasteiger partial charge in [-0.05, 0) is 48.9 Å². The zero-order valence-electron chi connectivity index (χ0n) is 20.7. The number of ether oxygens (including phenoxy) is 2. The highest BCUT2D eigenvalue weighted by atomic mass is 19.4. The van der Waals surface area contributed by atoms with Gasteiger partial charge in [0.05, 0.1) is 30.9 Å². The summed E-state index contributed by atoms with van der Waals surface area (Å²) in [4.78, 5) is 27.7. The molecule has 1 saturated carbocycles. The van der Waals surface area contributed by atoms with Gasteiger partial charge < -0.3 is 14.4 Å². The topological polar surface area (TPSA) is 59.1 Å². The smallest absolute Gasteiger partial charge is 0.465 e. The van der Waals surface area contributed by atoms with E-state index >= 15 is 0 Å². The fourth-order valence-corrected chi connectivity index (χ4v) is 5.92. The minimum absolute atomic E-state index is 0.0772. The molecule has 3 atom stereocenters. The molecular formula is C28H31F3N2O4. The number of halogens is 3. The van der Waals surface area contributed by atoms with Crippen LogP contribution in [0.15, 0.2) is 54.6 Å². The summed E-state index contributed by atoms with van der Waals surface area (Å²) in [5.41, 5.74) is 1.94. The Morgan fingerprint density at radius 2 is 1.84 bits per heavy atom. The lowest BCUT2D eigenvalue weighted by Crippen LogP contribution is -2.50. The van der Waals surface area contributed by atoms with Crippen LogP contribution in [0.3, 0.4) is 0 Å². The van der Waals surface area contributed by atoms with Gasteiger partial charge in [0.15, 0.2) is 0 Å². The van der Waals surface area contributed by atoms with Gasteiger partial charge >= 0.3 is 18.1 Å². The van der Waals surface area contributed by atoms with Crippen molar-refractivity contribution in [3.8, 4) is 0 Å². The molecule has 9 heteroatoms. The summed E-state index contributed by atoms with van der Waals surface area (Å²) in [5, 5.41) is 0. The van der Waals surface area contributed by atoms with E-state index < -0.39 is 29.8 Å². The Bertz CT molecular complexity index is 1130. The van der Waals surface area contributed by atoms with Gasteiger partial charge in [-0.15, -0.1) is 0 Å². The van der Waals surface area contributed by atoms with Crippen LogP contribution >= 0.6 is 0 Å². The second-order valence-corrected chi connectivity index (χ2v) is 10.4. The number of nitrogens with zero attached hydrogens (tertiary/aromatic N) is 2. The molecule has 2 heterocycles. The largest absolute Gasteiger partial charge is 0.471 e. The van der Waals surface area contributed by atoms with Crippen LogP contribution in [0.1, 0.15) is 53.1 Å². The summed E-state index contributed by atoms with van der Waals surface area (Å²) in [6, 6.07) is 15.7. The highest BCUT2D eigenvalue weighted by Crippen LogP contribution is 2.49. The number of amides is 1. The number of carbonyl (C=O) groups is 2. The standard InChI is InChI=1S/C28H31F3N2O4/c1-36-25(34)21-9-5-6-19(14-21)17-32-12-10-27(11-13-32)16-22(18-37-27)33(26(35)28(29,30)31)24-15-23(24)20-7-3-2-4-8-20/h2-9,14,22-24H,10-13,15-18H2,1H3/t22?,23-,24+/m0/s1. The molecule has 3 fully saturated rings. The second kappa shape index (κ2) is 10.1. The maximum atomic E-state index is 13.6. The molecule has 6 nitrogen and oxygen atoms in total. The fourth-order valence-electron chi connectivity index (χ4n) is 5.92. The quantitative estimate of drug-likeness (QED) is 0.528. The molecule has 198 valence electrons. The van der Waals surface area contributed by atoms with Crippen LogP contribution in [0.2, 0.25) is 0 Å². The van der Waals surface area contributed by atoms with Gasteiger partial charge in [-0.1, -0.05) is 42.5 Å². The molecule has 1 spiro atoms. The van der Waals surface area contributed by atoms with Crippen molar-refractivity contribution in [2.45, 2.75) is 62.0 Å². The Hall–Kier alpha value is -2.91. The molecule has 1 amide bonds. The number of likely N-dealkylation sites (tertiary alicyclic amines) is 1. The monoisotopic (exact) mass is 516 g/mol. The Morgan fingerprint density at radius 3 is 2.51 bits per heavy atom. The van der Waals surface area contributed by atoms with Crippen molar-refractivity contribution in [1.82, 2.24) is 9.80 Å². The maximum Gasteiger partial charge on any atom is 0.471 e. The lowest BCUT2D eigenvalue weighted by molar-refractivity contribution is -0.188. The Labute approximate surface area is 214 Å². The van der Waals surface area contributed by atoms with Crippen LogP contribution in [-0.2, 0) is 20.8 Å². The number of carbonyl (C=O) groups excluding carboxylic acids is 2. The number of methoxy groups -OCH3 is 1. The molecule has 2 aromatic carbocycles. The summed E-state index contributed by atoms with van der Waals surface area (Å²) in [6.07, 6.45) is -2.60. The van der Waals surface area contributed by atoms with E-state index in [4.69, 9.17) is 9.47 Å². The molecule has 2 aliphatic heterocycles. The molecule has 37 heavy (non-hydrogen) atoms. The van der Waals surface area contributed by atoms with Gasteiger partial charge in [0, 0.05) is 31.6 Å². The molecule has 2 aromatic rings. The molecule has 0 N–H and O–H groups in total. The van der Waals surface area contributed by atoms with Gasteiger partial charge in [-0.2, -0.15) is 13.2 Å². The van der Waals surface area contributed by atoms with Crippen molar-refractivity contribution in [3.05, 3.63) is 71.3 Å². The van der Waals surface area contributed by atoms with Crippen molar-refractivity contribution >= 4 is 11.9 Å². The van der Waals surface area contributed by atoms with Crippen molar-refractivity contribution in [1.29, 1.82) is 0 Å². The molecule has 0 radical (unpaired) electrons. The lowest BCUT2D eigenvalue weighted by Gasteiger charge is -2.39. The van der Waals surface area contributed by atoms with Gasteiger partial charge in [-0.25, -0.2) is 4.79 Å². The van der Waals surface area contributed by atoms with Crippen molar-refractivity contribution < 1.29 is 32.2 Å². The summed E-state index contributed by atoms with van der Waals surface area (Å²) in [5.74, 6) is -2.22. The predicted octanol–water partition coefficient (Wildman–Crippen LogP) is 4.54. The van der Waals surface area contributed by atoms with E-state index in [1.165, 1.54) is 7.11 Å². The summed E-state index contributed by atoms with van der Waals surface area (Å²) < 4.78 is 51.8. The Kier molecular flexibility index (Phi) is 7.02. The third kappa shape index (κ3) is 5.52. The zero-order valence-corrected chi connectivity index (χ0v) is 20.7. The zero-order chi connectivity index (χ0) is 26.2. The first-order valence-corrected chi connectivity index (χ1v) is 12.7. The number of alkyl halides is 3. The van der Waals surface area contributed by atoms with E-state index in [2.05, 4.69) is 4.90 Å². The molecule has 1 unspecified atom stereocenters. The lowest BCUT2D eigenvalue weighted by atomic mass is 9.86. The molecule has 5 rings (SSSR count). The maximum absolute atomic E-state index is 13.6. The third-order valence-corrected chi connectivity index (χ3v) is 7.92. The molecule has 0 bridgehead atoms. The second-order valence-electron chi connectivity index (χ2n) is 10.4. The van der Waals surface area contributed by atoms with Crippen LogP contribution in [0.5, 0.6) is 0 Å². The van der Waals surface area contributed by atoms with Crippen LogP contribution in [-0.4, -0.2) is 72.3 Å². The van der Waals surface area contributed by atoms with Gasteiger partial charge in [0.2, 0.25) is 0 Å². The van der Waals surface area contributed by atoms with Crippen LogP contribution in [0, 0.1) is 0 Å². The fraction of sp³-hybridized carbons (Fsp3) is 0.500. The predicted molar refractivity (Wildman–Crippen MR) is 130 cm³/mol. The molecule has 3 aliphatic rings. The molecular weight excluding hydrogens is 485 g/mol. The first kappa shape index (κ1) is 25.7. The number of hydrogen-bond acceptors (Lipinski definition) is 5. The average Bonchev–Trinajstić information content (AvgIpc) is 3.58. The number of piperidine rings is 1. The van der Waals surface area contributed by atoms with Crippen LogP contribution in [0.25, 0.3) is 0 Å². The highest BCUT2D eigenvalue weighted by molar-refractivity contribution is 5.89. The SMILES string of the molecule is COC(=O)c1cccc(CN2CCC3(CC2)CC(N(C(=O)C(F)(F)F)[C@@H]2C[C@H]2c2ccccc2)CO3)c1. The van der Waals surface area contributed by atoms with E-state index in [9.17, 15) is 22.8 Å². The number of esters is 1. The van der Waals surface area contributed by atoms with Crippen molar-refractivity contribution in [2.75, 3.05) is 26.8 Å². The highest BCUT2D eigenvalue weighted by Gasteiger charge is 2.57. The molecule has 2 saturated heterocycles. The van der Waals surface area contributed by atoms with E-state index in [0.717, 1.165) is 29.1 Å². The van der Waals surface area contributed by atoms with E-state index in [0.29, 0.717) is 37.8 Å². The van der Waals surface area contributed by atoms with Gasteiger partial charge in [0.1, 0.15) is 0 Å².